The second-order valence-electron chi connectivity index (χ2n) is 8.31. The summed E-state index contributed by atoms with van der Waals surface area (Å²) in [4.78, 5) is 15.5. The third kappa shape index (κ3) is 6.58. The van der Waals surface area contributed by atoms with Gasteiger partial charge < -0.3 is 24.4 Å². The van der Waals surface area contributed by atoms with Gasteiger partial charge in [-0.15, -0.1) is 0 Å². The highest BCUT2D eigenvalue weighted by Crippen LogP contribution is 2.48. The van der Waals surface area contributed by atoms with E-state index in [0.29, 0.717) is 35.4 Å². The first-order valence-electron chi connectivity index (χ1n) is 11.6. The van der Waals surface area contributed by atoms with Crippen molar-refractivity contribution in [1.82, 2.24) is 4.98 Å². The van der Waals surface area contributed by atoms with Gasteiger partial charge in [-0.2, -0.15) is 0 Å². The van der Waals surface area contributed by atoms with Crippen molar-refractivity contribution in [3.63, 3.8) is 0 Å². The van der Waals surface area contributed by atoms with Crippen LogP contribution in [0.5, 0.6) is 17.2 Å². The number of fused-ring (bicyclic) bond motifs is 1. The normalized spacial score (nSPS) is 12.5. The summed E-state index contributed by atoms with van der Waals surface area (Å²) in [6, 6.07) is 19.8. The number of hydrogen-bond donors (Lipinski definition) is 3. The molecule has 0 fully saturated rings. The van der Waals surface area contributed by atoms with Gasteiger partial charge in [-0.1, -0.05) is 30.3 Å². The molecule has 0 radical (unpaired) electrons. The Kier molecular flexibility index (Phi) is 7.96. The van der Waals surface area contributed by atoms with E-state index in [0.717, 1.165) is 22.0 Å². The number of methoxy groups -OCH3 is 1. The molecule has 0 saturated heterocycles. The average molecular weight is 522 g/mol. The van der Waals surface area contributed by atoms with Gasteiger partial charge in [0, 0.05) is 47.0 Å². The molecule has 3 N–H and O–H groups in total. The summed E-state index contributed by atoms with van der Waals surface area (Å²) in [5, 5.41) is 16.3. The van der Waals surface area contributed by atoms with Crippen LogP contribution in [-0.4, -0.2) is 36.6 Å². The summed E-state index contributed by atoms with van der Waals surface area (Å²) < 4.78 is 29.7. The topological polar surface area (TPSA) is 119 Å². The second-order valence-corrected chi connectivity index (χ2v) is 10.9. The maximum Gasteiger partial charge on any atom is 0.409 e. The van der Waals surface area contributed by atoms with Crippen molar-refractivity contribution in [3.05, 3.63) is 78.5 Å². The monoisotopic (exact) mass is 521 g/mol. The van der Waals surface area contributed by atoms with Gasteiger partial charge >= 0.3 is 6.09 Å². The number of carboxylic acid groups (broad SMARTS) is 1. The van der Waals surface area contributed by atoms with Gasteiger partial charge in [-0.3, -0.25) is 9.88 Å². The minimum atomic E-state index is -2.77. The molecule has 10 heteroatoms. The first kappa shape index (κ1) is 26.0. The number of ether oxygens (including phenoxy) is 2. The van der Waals surface area contributed by atoms with Crippen LogP contribution in [0.3, 0.4) is 0 Å². The molecule has 37 heavy (non-hydrogen) atoms. The van der Waals surface area contributed by atoms with Gasteiger partial charge in [0.15, 0.2) is 0 Å². The van der Waals surface area contributed by atoms with Crippen molar-refractivity contribution in [3.8, 4) is 17.2 Å². The molecule has 4 rings (SSSR count). The molecule has 3 aromatic carbocycles. The Morgan fingerprint density at radius 3 is 2.54 bits per heavy atom. The smallest absolute Gasteiger partial charge is 0.409 e. The Balaban J connectivity index is 1.55. The number of nitrogens with one attached hydrogen (secondary N) is 2. The molecule has 1 unspecified atom stereocenters. The van der Waals surface area contributed by atoms with E-state index in [-0.39, 0.29) is 6.16 Å². The number of benzene rings is 3. The van der Waals surface area contributed by atoms with Crippen LogP contribution in [0.2, 0.25) is 0 Å². The molecule has 0 aliphatic heterocycles. The highest BCUT2D eigenvalue weighted by molar-refractivity contribution is 7.57. The lowest BCUT2D eigenvalue weighted by Gasteiger charge is -2.16. The molecule has 1 heterocycles. The fraction of sp³-hybridized carbons (Fsp3) is 0.185. The summed E-state index contributed by atoms with van der Waals surface area (Å²) in [7, 11) is -1.20. The van der Waals surface area contributed by atoms with Gasteiger partial charge in [0.1, 0.15) is 23.1 Å². The standard InChI is InChI=1S/C27H28N3O6P/c1-4-35-37(3,33)17-18-9-10-19(15-25(18)34-2)29-26-16-20(13-14-28-26)36-24-12-11-23(30-27(31)32)21-7-5-6-8-22(21)24/h5-16,30H,4,17H2,1-3H3,(H,28,29)(H,31,32). The number of aromatic nitrogens is 1. The molecule has 1 aromatic heterocycles. The highest BCUT2D eigenvalue weighted by Gasteiger charge is 2.19. The van der Waals surface area contributed by atoms with Crippen molar-refractivity contribution in [2.24, 2.45) is 0 Å². The van der Waals surface area contributed by atoms with Gasteiger partial charge in [0.25, 0.3) is 0 Å². The first-order chi connectivity index (χ1) is 17.8. The fourth-order valence-electron chi connectivity index (χ4n) is 3.98. The lowest BCUT2D eigenvalue weighted by Crippen LogP contribution is -2.07. The van der Waals surface area contributed by atoms with Crippen LogP contribution < -0.4 is 20.1 Å². The molecule has 1 amide bonds. The molecular weight excluding hydrogens is 493 g/mol. The van der Waals surface area contributed by atoms with Crippen molar-refractivity contribution >= 4 is 41.4 Å². The zero-order valence-corrected chi connectivity index (χ0v) is 21.6. The summed E-state index contributed by atoms with van der Waals surface area (Å²) in [6.07, 6.45) is 0.772. The predicted molar refractivity (Wildman–Crippen MR) is 145 cm³/mol. The van der Waals surface area contributed by atoms with Crippen LogP contribution >= 0.6 is 7.37 Å². The van der Waals surface area contributed by atoms with Crippen molar-refractivity contribution < 1.29 is 28.5 Å². The maximum atomic E-state index is 12.6. The summed E-state index contributed by atoms with van der Waals surface area (Å²) in [5.74, 6) is 2.28. The number of rotatable bonds is 10. The van der Waals surface area contributed by atoms with Crippen molar-refractivity contribution in [2.45, 2.75) is 13.1 Å². The van der Waals surface area contributed by atoms with E-state index in [2.05, 4.69) is 15.6 Å². The molecule has 0 saturated carbocycles. The number of nitrogens with zero attached hydrogens (tertiary/aromatic N) is 1. The quantitative estimate of drug-likeness (QED) is 0.186. The maximum absolute atomic E-state index is 12.6. The summed E-state index contributed by atoms with van der Waals surface area (Å²) >= 11 is 0. The minimum absolute atomic E-state index is 0.278. The predicted octanol–water partition coefficient (Wildman–Crippen LogP) is 7.31. The molecule has 0 spiro atoms. The average Bonchev–Trinajstić information content (AvgIpc) is 2.86. The van der Waals surface area contributed by atoms with E-state index >= 15 is 0 Å². The molecule has 0 aliphatic rings. The van der Waals surface area contributed by atoms with Crippen LogP contribution in [-0.2, 0) is 15.3 Å². The van der Waals surface area contributed by atoms with E-state index in [1.54, 1.807) is 44.2 Å². The Morgan fingerprint density at radius 1 is 1.03 bits per heavy atom. The van der Waals surface area contributed by atoms with Gasteiger partial charge in [-0.25, -0.2) is 9.78 Å². The first-order valence-corrected chi connectivity index (χ1v) is 13.8. The number of carbonyl (C=O) groups is 1. The third-order valence-corrected chi connectivity index (χ3v) is 7.22. The Bertz CT molecular complexity index is 1480. The minimum Gasteiger partial charge on any atom is -0.496 e. The van der Waals surface area contributed by atoms with Gasteiger partial charge in [-0.05, 0) is 31.2 Å². The zero-order valence-electron chi connectivity index (χ0n) is 20.7. The molecule has 192 valence electrons. The van der Waals surface area contributed by atoms with E-state index in [9.17, 15) is 9.36 Å². The van der Waals surface area contributed by atoms with E-state index in [4.69, 9.17) is 19.1 Å². The zero-order chi connectivity index (χ0) is 26.4. The molecule has 0 aliphatic carbocycles. The summed E-state index contributed by atoms with van der Waals surface area (Å²) in [6.45, 7) is 3.83. The van der Waals surface area contributed by atoms with E-state index in [1.165, 1.54) is 0 Å². The van der Waals surface area contributed by atoms with Crippen LogP contribution in [0.4, 0.5) is 22.0 Å². The summed E-state index contributed by atoms with van der Waals surface area (Å²) in [5.41, 5.74) is 2.01. The Morgan fingerprint density at radius 2 is 1.81 bits per heavy atom. The van der Waals surface area contributed by atoms with Crippen molar-refractivity contribution in [2.75, 3.05) is 31.0 Å². The highest BCUT2D eigenvalue weighted by atomic mass is 31.2. The molecule has 9 nitrogen and oxygen atoms in total. The number of hydrogen-bond acceptors (Lipinski definition) is 7. The van der Waals surface area contributed by atoms with E-state index < -0.39 is 13.5 Å². The van der Waals surface area contributed by atoms with Crippen molar-refractivity contribution in [1.29, 1.82) is 0 Å². The van der Waals surface area contributed by atoms with Gasteiger partial charge in [0.05, 0.1) is 25.6 Å². The van der Waals surface area contributed by atoms with Crippen LogP contribution in [0.25, 0.3) is 10.8 Å². The number of pyridine rings is 1. The number of anilines is 3. The Hall–Kier alpha value is -4.07. The third-order valence-electron chi connectivity index (χ3n) is 5.50. The van der Waals surface area contributed by atoms with Crippen LogP contribution in [0.1, 0.15) is 12.5 Å². The lowest BCUT2D eigenvalue weighted by molar-refractivity contribution is 0.210. The molecule has 0 bridgehead atoms. The van der Waals surface area contributed by atoms with Gasteiger partial charge in [0.2, 0.25) is 7.37 Å². The number of amides is 1. The van der Waals surface area contributed by atoms with Crippen LogP contribution in [0, 0.1) is 0 Å². The molecule has 4 aromatic rings. The lowest BCUT2D eigenvalue weighted by atomic mass is 10.1. The van der Waals surface area contributed by atoms with Crippen LogP contribution in [0.15, 0.2) is 72.9 Å². The fourth-order valence-corrected chi connectivity index (χ4v) is 5.50. The van der Waals surface area contributed by atoms with E-state index in [1.807, 2.05) is 49.4 Å². The largest absolute Gasteiger partial charge is 0.496 e. The Labute approximate surface area is 214 Å². The molecule has 1 atom stereocenters. The molecular formula is C27H28N3O6P. The second kappa shape index (κ2) is 11.3. The SMILES string of the molecule is CCOP(C)(=O)Cc1ccc(Nc2cc(Oc3ccc(NC(=O)O)c4ccccc34)ccn2)cc1OC.